The molecule has 8 rings (SSSR count). The summed E-state index contributed by atoms with van der Waals surface area (Å²) in [6, 6.07) is 0.859. The first kappa shape index (κ1) is 52.6. The number of allylic oxidation sites excluding steroid dienone is 8. The van der Waals surface area contributed by atoms with Gasteiger partial charge in [-0.1, -0.05) is 85.3 Å². The van der Waals surface area contributed by atoms with Crippen molar-refractivity contribution < 1.29 is 39.8 Å². The van der Waals surface area contributed by atoms with Gasteiger partial charge < -0.3 is 19.1 Å². The molecule has 388 valence electrons. The SMILES string of the molecule is CCNOS(=O)(=O)CCCCN1/C(=C/C=C2\CC/C(=C\C=C3\N(CCCCS(=O)(=O)[O-])C4CCC5CCCCC5C4C3(C)C)C2=[N+]2CCN(C(=O)OCC)CC2)C(C)(C)C2C3CCCCC3CCC21. The number of hydroxylamine groups is 1. The summed E-state index contributed by atoms with van der Waals surface area (Å²) in [6.45, 7) is 18.5. The van der Waals surface area contributed by atoms with Gasteiger partial charge in [0.1, 0.15) is 0 Å². The van der Waals surface area contributed by atoms with Crippen molar-refractivity contribution in [1.82, 2.24) is 20.2 Å². The highest BCUT2D eigenvalue weighted by Crippen LogP contribution is 2.61. The summed E-state index contributed by atoms with van der Waals surface area (Å²) < 4.78 is 73.1. The van der Waals surface area contributed by atoms with E-state index in [4.69, 9.17) is 9.02 Å². The average molecular weight is 998 g/mol. The topological polar surface area (TPSA) is 152 Å². The van der Waals surface area contributed by atoms with Gasteiger partial charge in [0.2, 0.25) is 5.71 Å². The lowest BCUT2D eigenvalue weighted by Gasteiger charge is -2.47. The zero-order valence-electron chi connectivity index (χ0n) is 43.1. The number of fused-ring (bicyclic) bond motifs is 6. The highest BCUT2D eigenvalue weighted by molar-refractivity contribution is 7.86. The van der Waals surface area contributed by atoms with Crippen LogP contribution in [-0.2, 0) is 29.3 Å². The van der Waals surface area contributed by atoms with E-state index in [0.29, 0.717) is 94.3 Å². The summed E-state index contributed by atoms with van der Waals surface area (Å²) >= 11 is 0. The quantitative estimate of drug-likeness (QED) is 0.0683. The molecule has 3 aliphatic heterocycles. The van der Waals surface area contributed by atoms with E-state index in [1.807, 2.05) is 18.7 Å². The van der Waals surface area contributed by atoms with Gasteiger partial charge in [-0.25, -0.2) is 17.8 Å². The van der Waals surface area contributed by atoms with Crippen LogP contribution in [0.4, 0.5) is 4.79 Å². The first-order chi connectivity index (χ1) is 32.9. The third-order valence-corrected chi connectivity index (χ3v) is 20.4. The molecule has 0 bridgehead atoms. The molecule has 8 aliphatic rings. The van der Waals surface area contributed by atoms with Crippen molar-refractivity contribution in [1.29, 1.82) is 0 Å². The van der Waals surface area contributed by atoms with Gasteiger partial charge in [0, 0.05) is 70.8 Å². The van der Waals surface area contributed by atoms with Gasteiger partial charge in [0.25, 0.3) is 10.1 Å². The number of carbonyl (C=O) groups is 1. The maximum Gasteiger partial charge on any atom is 0.410 e. The molecule has 1 amide bonds. The van der Waals surface area contributed by atoms with Crippen LogP contribution in [-0.4, -0.2) is 128 Å². The van der Waals surface area contributed by atoms with Crippen LogP contribution in [0.25, 0.3) is 0 Å². The molecule has 3 heterocycles. The molecule has 8 atom stereocenters. The predicted octanol–water partition coefficient (Wildman–Crippen LogP) is 9.16. The van der Waals surface area contributed by atoms with Crippen molar-refractivity contribution in [3.05, 3.63) is 46.8 Å². The molecule has 13 nitrogen and oxygen atoms in total. The number of nitrogens with zero attached hydrogens (tertiary/aromatic N) is 4. The Kier molecular flexibility index (Phi) is 16.9. The Bertz CT molecular complexity index is 2220. The number of unbranched alkanes of at least 4 members (excludes halogenated alkanes) is 2. The molecule has 0 aromatic rings. The number of likely N-dealkylation sites (tertiary alicyclic amines) is 2. The average Bonchev–Trinajstić information content (AvgIpc) is 3.90. The minimum absolute atomic E-state index is 0.00470. The van der Waals surface area contributed by atoms with Crippen molar-refractivity contribution in [2.45, 2.75) is 169 Å². The largest absolute Gasteiger partial charge is 0.748 e. The molecule has 0 aromatic heterocycles. The number of carbonyl (C=O) groups excluding carboxylic acids is 1. The molecular formula is C54H87N5O8S2. The van der Waals surface area contributed by atoms with Crippen LogP contribution in [0.15, 0.2) is 46.8 Å². The molecule has 8 fully saturated rings. The molecule has 0 aromatic carbocycles. The fraction of sp³-hybridized carbons (Fsp3) is 0.815. The lowest BCUT2D eigenvalue weighted by molar-refractivity contribution is -0.537. The first-order valence-electron chi connectivity index (χ1n) is 27.4. The van der Waals surface area contributed by atoms with E-state index in [0.717, 1.165) is 50.6 Å². The van der Waals surface area contributed by atoms with Gasteiger partial charge in [-0.2, -0.15) is 18.2 Å². The van der Waals surface area contributed by atoms with Crippen LogP contribution >= 0.6 is 0 Å². The van der Waals surface area contributed by atoms with Crippen LogP contribution in [0.2, 0.25) is 0 Å². The standard InChI is InChI=1S/C54H87N5O8S2/c1-7-55-67-69(64,65)38-16-14-32-59-46-28-24-40-18-10-12-20-44(40)50(46)54(5,6)48(59)30-26-42-22-21-41(51(42)56-33-35-57(36-34-56)52(60)66-8-2)25-29-47-53(3,4)49-43-19-11-9-17-39(43)23-27-45(49)58(47)31-13-15-37-68(61,62)63/h25-26,29-30,39-40,43-46,49-50,55H,7-24,27-28,31-38H2,1-6H3. The van der Waals surface area contributed by atoms with Gasteiger partial charge in [-0.05, 0) is 132 Å². The Morgan fingerprint density at radius 1 is 0.696 bits per heavy atom. The second kappa shape index (κ2) is 22.2. The maximum absolute atomic E-state index is 12.9. The number of nitrogens with one attached hydrogen (secondary N) is 1. The van der Waals surface area contributed by atoms with Crippen molar-refractivity contribution in [3.8, 4) is 0 Å². The Hall–Kier alpha value is -2.72. The molecular weight excluding hydrogens is 911 g/mol. The lowest BCUT2D eigenvalue weighted by atomic mass is 9.58. The molecule has 3 saturated heterocycles. The minimum Gasteiger partial charge on any atom is -0.748 e. The van der Waals surface area contributed by atoms with Gasteiger partial charge in [-0.3, -0.25) is 4.90 Å². The maximum atomic E-state index is 12.9. The highest BCUT2D eigenvalue weighted by atomic mass is 32.2. The lowest BCUT2D eigenvalue weighted by Crippen LogP contribution is -2.47. The molecule has 15 heteroatoms. The van der Waals surface area contributed by atoms with E-state index >= 15 is 0 Å². The smallest absolute Gasteiger partial charge is 0.410 e. The van der Waals surface area contributed by atoms with Crippen molar-refractivity contribution >= 4 is 32.0 Å². The zero-order valence-corrected chi connectivity index (χ0v) is 44.7. The van der Waals surface area contributed by atoms with E-state index in [1.54, 1.807) is 0 Å². The Balaban J connectivity index is 1.14. The summed E-state index contributed by atoms with van der Waals surface area (Å²) in [6.07, 6.45) is 29.0. The highest BCUT2D eigenvalue weighted by Gasteiger charge is 2.58. The van der Waals surface area contributed by atoms with E-state index in [-0.39, 0.29) is 28.4 Å². The Labute approximate surface area is 416 Å². The third-order valence-electron chi connectivity index (χ3n) is 18.5. The van der Waals surface area contributed by atoms with Gasteiger partial charge in [0.05, 0.1) is 35.6 Å². The number of hydrogen-bond donors (Lipinski definition) is 1. The van der Waals surface area contributed by atoms with Gasteiger partial charge in [0.15, 0.2) is 13.1 Å². The van der Waals surface area contributed by atoms with E-state index in [9.17, 15) is 26.2 Å². The number of amides is 1. The van der Waals surface area contributed by atoms with Gasteiger partial charge in [-0.15, -0.1) is 0 Å². The number of piperazine rings is 1. The summed E-state index contributed by atoms with van der Waals surface area (Å²) in [5.74, 6) is 3.75. The molecule has 5 saturated carbocycles. The molecule has 8 unspecified atom stereocenters. The summed E-state index contributed by atoms with van der Waals surface area (Å²) in [5.41, 5.74) is 9.06. The van der Waals surface area contributed by atoms with E-state index in [2.05, 4.69) is 71.9 Å². The fourth-order valence-corrected chi connectivity index (χ4v) is 17.1. The summed E-state index contributed by atoms with van der Waals surface area (Å²) in [5, 5.41) is 0. The van der Waals surface area contributed by atoms with E-state index < -0.39 is 20.2 Å². The summed E-state index contributed by atoms with van der Waals surface area (Å²) in [4.78, 5) is 20.1. The van der Waals surface area contributed by atoms with Crippen LogP contribution in [0.3, 0.4) is 0 Å². The molecule has 1 N–H and O–H groups in total. The number of ether oxygens (including phenoxy) is 1. The molecule has 69 heavy (non-hydrogen) atoms. The van der Waals surface area contributed by atoms with Crippen LogP contribution in [0, 0.1) is 46.3 Å². The minimum atomic E-state index is -4.26. The van der Waals surface area contributed by atoms with E-state index in [1.165, 1.54) is 98.9 Å². The molecule has 0 spiro atoms. The Morgan fingerprint density at radius 3 is 1.67 bits per heavy atom. The second-order valence-corrected chi connectivity index (χ2v) is 26.3. The third kappa shape index (κ3) is 11.6. The van der Waals surface area contributed by atoms with Gasteiger partial charge >= 0.3 is 6.09 Å². The molecule has 5 aliphatic carbocycles. The normalized spacial score (nSPS) is 33.6. The first-order valence-corrected chi connectivity index (χ1v) is 30.6. The predicted molar refractivity (Wildman–Crippen MR) is 272 cm³/mol. The Morgan fingerprint density at radius 2 is 1.19 bits per heavy atom. The summed E-state index contributed by atoms with van der Waals surface area (Å²) in [7, 11) is -7.90. The van der Waals surface area contributed by atoms with Crippen molar-refractivity contribution in [2.75, 3.05) is 63.9 Å². The zero-order chi connectivity index (χ0) is 49.1. The van der Waals surface area contributed by atoms with Crippen molar-refractivity contribution in [3.63, 3.8) is 0 Å². The van der Waals surface area contributed by atoms with Crippen molar-refractivity contribution in [2.24, 2.45) is 46.3 Å². The number of rotatable bonds is 16. The second-order valence-electron chi connectivity index (χ2n) is 23.1. The fourth-order valence-electron chi connectivity index (χ4n) is 15.6. The molecule has 0 radical (unpaired) electrons. The van der Waals surface area contributed by atoms with Crippen LogP contribution in [0.5, 0.6) is 0 Å². The number of hydrogen-bond acceptors (Lipinski definition) is 11. The monoisotopic (exact) mass is 998 g/mol. The van der Waals surface area contributed by atoms with Crippen LogP contribution in [0.1, 0.15) is 157 Å². The van der Waals surface area contributed by atoms with Crippen LogP contribution < -0.4 is 5.48 Å².